The maximum Gasteiger partial charge on any atom is 0.241 e. The number of hydrogen-bond donors (Lipinski definition) is 1. The van der Waals surface area contributed by atoms with Crippen LogP contribution < -0.4 is 5.32 Å². The Morgan fingerprint density at radius 1 is 1.46 bits per heavy atom. The van der Waals surface area contributed by atoms with Crippen molar-refractivity contribution in [1.29, 1.82) is 0 Å². The quantitative estimate of drug-likeness (QED) is 0.865. The summed E-state index contributed by atoms with van der Waals surface area (Å²) in [5, 5.41) is 7.37. The molecule has 3 rings (SSSR count). The summed E-state index contributed by atoms with van der Waals surface area (Å²) in [6, 6.07) is 2.19. The zero-order valence-electron chi connectivity index (χ0n) is 14.8. The van der Waals surface area contributed by atoms with Crippen molar-refractivity contribution in [2.45, 2.75) is 65.0 Å². The fourth-order valence-electron chi connectivity index (χ4n) is 4.42. The average molecular weight is 332 g/mol. The molecule has 0 radical (unpaired) electrons. The molecule has 1 N–H and O–H groups in total. The summed E-state index contributed by atoms with van der Waals surface area (Å²) in [6.07, 6.45) is 7.65. The summed E-state index contributed by atoms with van der Waals surface area (Å²) >= 11 is 0. The molecule has 2 aliphatic rings. The van der Waals surface area contributed by atoms with Crippen LogP contribution in [0.15, 0.2) is 12.3 Å². The summed E-state index contributed by atoms with van der Waals surface area (Å²) < 4.78 is 1.67. The van der Waals surface area contributed by atoms with Gasteiger partial charge in [0.1, 0.15) is 6.54 Å². The van der Waals surface area contributed by atoms with E-state index in [1.165, 1.54) is 0 Å². The van der Waals surface area contributed by atoms with E-state index in [4.69, 9.17) is 0 Å². The van der Waals surface area contributed by atoms with Crippen molar-refractivity contribution in [2.24, 2.45) is 5.41 Å². The van der Waals surface area contributed by atoms with Crippen LogP contribution in [0.2, 0.25) is 0 Å². The van der Waals surface area contributed by atoms with Gasteiger partial charge in [-0.05, 0) is 38.7 Å². The van der Waals surface area contributed by atoms with E-state index in [-0.39, 0.29) is 23.8 Å². The summed E-state index contributed by atoms with van der Waals surface area (Å²) in [4.78, 5) is 26.6. The molecule has 2 fully saturated rings. The Kier molecular flexibility index (Phi) is 4.92. The summed E-state index contributed by atoms with van der Waals surface area (Å²) in [6.45, 7) is 5.80. The fourth-order valence-corrected chi connectivity index (χ4v) is 4.42. The third kappa shape index (κ3) is 3.32. The normalized spacial score (nSPS) is 26.5. The van der Waals surface area contributed by atoms with E-state index in [1.54, 1.807) is 4.68 Å². The highest BCUT2D eigenvalue weighted by Gasteiger charge is 2.49. The maximum absolute atomic E-state index is 12.3. The van der Waals surface area contributed by atoms with E-state index in [0.29, 0.717) is 19.0 Å². The van der Waals surface area contributed by atoms with Crippen LogP contribution in [0.3, 0.4) is 0 Å². The molecule has 6 heteroatoms. The zero-order valence-corrected chi connectivity index (χ0v) is 14.8. The molecule has 0 unspecified atom stereocenters. The lowest BCUT2D eigenvalue weighted by Crippen LogP contribution is -2.56. The SMILES string of the molecule is CCCN1C(=O)CC[C@]2(CNC(=O)Cn3ccc(C)n3)CCC[C@@H]12. The van der Waals surface area contributed by atoms with Crippen molar-refractivity contribution in [3.05, 3.63) is 18.0 Å². The first-order valence-corrected chi connectivity index (χ1v) is 9.10. The highest BCUT2D eigenvalue weighted by Crippen LogP contribution is 2.47. The molecule has 1 aliphatic heterocycles. The van der Waals surface area contributed by atoms with E-state index in [1.807, 2.05) is 19.2 Å². The molecule has 2 amide bonds. The second kappa shape index (κ2) is 6.95. The van der Waals surface area contributed by atoms with Crippen LogP contribution in [0.1, 0.15) is 51.1 Å². The van der Waals surface area contributed by atoms with Gasteiger partial charge in [-0.2, -0.15) is 5.10 Å². The molecule has 1 saturated carbocycles. The molecule has 2 atom stereocenters. The van der Waals surface area contributed by atoms with E-state index in [0.717, 1.165) is 44.3 Å². The predicted molar refractivity (Wildman–Crippen MR) is 91.3 cm³/mol. The number of nitrogens with zero attached hydrogens (tertiary/aromatic N) is 3. The molecule has 0 aromatic carbocycles. The topological polar surface area (TPSA) is 67.2 Å². The average Bonchev–Trinajstić information content (AvgIpc) is 3.15. The molecular formula is C18H28N4O2. The van der Waals surface area contributed by atoms with Crippen LogP contribution in [-0.4, -0.2) is 45.6 Å². The third-order valence-corrected chi connectivity index (χ3v) is 5.57. The minimum absolute atomic E-state index is 0.00272. The van der Waals surface area contributed by atoms with Crippen LogP contribution in [0.4, 0.5) is 0 Å². The first-order valence-electron chi connectivity index (χ1n) is 9.10. The minimum atomic E-state index is -0.00272. The minimum Gasteiger partial charge on any atom is -0.354 e. The monoisotopic (exact) mass is 332 g/mol. The van der Waals surface area contributed by atoms with Gasteiger partial charge >= 0.3 is 0 Å². The van der Waals surface area contributed by atoms with Gasteiger partial charge in [-0.15, -0.1) is 0 Å². The Labute approximate surface area is 143 Å². The Morgan fingerprint density at radius 2 is 2.29 bits per heavy atom. The summed E-state index contributed by atoms with van der Waals surface area (Å²) in [7, 11) is 0. The molecule has 0 bridgehead atoms. The van der Waals surface area contributed by atoms with Crippen molar-refractivity contribution >= 4 is 11.8 Å². The lowest BCUT2D eigenvalue weighted by atomic mass is 9.74. The van der Waals surface area contributed by atoms with Gasteiger partial charge in [-0.1, -0.05) is 13.3 Å². The molecule has 1 saturated heterocycles. The number of aryl methyl sites for hydroxylation is 1. The molecule has 1 aromatic rings. The second-order valence-corrected chi connectivity index (χ2v) is 7.29. The van der Waals surface area contributed by atoms with Crippen molar-refractivity contribution < 1.29 is 9.59 Å². The van der Waals surface area contributed by atoms with Crippen LogP contribution >= 0.6 is 0 Å². The standard InChI is InChI=1S/C18H28N4O2/c1-3-10-22-15-5-4-8-18(15,9-6-17(22)24)13-19-16(23)12-21-11-7-14(2)20-21/h7,11,15H,3-6,8-10,12-13H2,1-2H3,(H,19,23)/t15-,18+/m1/s1. The molecule has 132 valence electrons. The molecule has 6 nitrogen and oxygen atoms in total. The fraction of sp³-hybridized carbons (Fsp3) is 0.722. The van der Waals surface area contributed by atoms with Gasteiger partial charge in [0, 0.05) is 37.2 Å². The van der Waals surface area contributed by atoms with Crippen molar-refractivity contribution in [2.75, 3.05) is 13.1 Å². The van der Waals surface area contributed by atoms with Gasteiger partial charge in [0.15, 0.2) is 0 Å². The zero-order chi connectivity index (χ0) is 17.2. The highest BCUT2D eigenvalue weighted by molar-refractivity contribution is 5.78. The molecule has 1 aromatic heterocycles. The Balaban J connectivity index is 1.62. The maximum atomic E-state index is 12.3. The van der Waals surface area contributed by atoms with Crippen LogP contribution in [0, 0.1) is 12.3 Å². The van der Waals surface area contributed by atoms with Gasteiger partial charge in [0.05, 0.1) is 5.69 Å². The van der Waals surface area contributed by atoms with Gasteiger partial charge < -0.3 is 10.2 Å². The van der Waals surface area contributed by atoms with E-state index in [9.17, 15) is 9.59 Å². The molecule has 24 heavy (non-hydrogen) atoms. The van der Waals surface area contributed by atoms with Crippen LogP contribution in [-0.2, 0) is 16.1 Å². The number of rotatable bonds is 6. The largest absolute Gasteiger partial charge is 0.354 e. The first-order chi connectivity index (χ1) is 11.5. The number of fused-ring (bicyclic) bond motifs is 1. The number of amides is 2. The Morgan fingerprint density at radius 3 is 3.00 bits per heavy atom. The number of piperidine rings is 1. The van der Waals surface area contributed by atoms with E-state index in [2.05, 4.69) is 22.2 Å². The third-order valence-electron chi connectivity index (χ3n) is 5.57. The summed E-state index contributed by atoms with van der Waals surface area (Å²) in [5.41, 5.74) is 0.983. The van der Waals surface area contributed by atoms with Crippen LogP contribution in [0.5, 0.6) is 0 Å². The van der Waals surface area contributed by atoms with Gasteiger partial charge in [-0.3, -0.25) is 14.3 Å². The first kappa shape index (κ1) is 17.0. The molecule has 2 heterocycles. The Bertz CT molecular complexity index is 612. The van der Waals surface area contributed by atoms with Gasteiger partial charge in [0.25, 0.3) is 0 Å². The molecular weight excluding hydrogens is 304 g/mol. The molecule has 1 aliphatic carbocycles. The van der Waals surface area contributed by atoms with Gasteiger partial charge in [-0.25, -0.2) is 0 Å². The number of nitrogens with one attached hydrogen (secondary N) is 1. The predicted octanol–water partition coefficient (Wildman–Crippen LogP) is 1.88. The van der Waals surface area contributed by atoms with Crippen LogP contribution in [0.25, 0.3) is 0 Å². The lowest BCUT2D eigenvalue weighted by Gasteiger charge is -2.46. The van der Waals surface area contributed by atoms with Crippen molar-refractivity contribution in [3.8, 4) is 0 Å². The van der Waals surface area contributed by atoms with E-state index < -0.39 is 0 Å². The summed E-state index contributed by atoms with van der Waals surface area (Å²) in [5.74, 6) is 0.287. The number of hydrogen-bond acceptors (Lipinski definition) is 3. The second-order valence-electron chi connectivity index (χ2n) is 7.29. The number of carbonyl (C=O) groups is 2. The number of carbonyl (C=O) groups excluding carboxylic acids is 2. The number of likely N-dealkylation sites (tertiary alicyclic amines) is 1. The van der Waals surface area contributed by atoms with Gasteiger partial charge in [0.2, 0.25) is 11.8 Å². The van der Waals surface area contributed by atoms with Crippen molar-refractivity contribution in [3.63, 3.8) is 0 Å². The number of aromatic nitrogens is 2. The van der Waals surface area contributed by atoms with Crippen molar-refractivity contribution in [1.82, 2.24) is 20.0 Å². The lowest BCUT2D eigenvalue weighted by molar-refractivity contribution is -0.142. The molecule has 0 spiro atoms. The highest BCUT2D eigenvalue weighted by atomic mass is 16.2. The Hall–Kier alpha value is -1.85. The van der Waals surface area contributed by atoms with E-state index >= 15 is 0 Å². The smallest absolute Gasteiger partial charge is 0.241 e.